The van der Waals surface area contributed by atoms with Crippen molar-refractivity contribution in [1.29, 1.82) is 0 Å². The maximum absolute atomic E-state index is 12.0. The van der Waals surface area contributed by atoms with E-state index in [2.05, 4.69) is 10.3 Å². The van der Waals surface area contributed by atoms with Gasteiger partial charge in [0.2, 0.25) is 0 Å². The molecular formula is C16H23N3O3S. The first kappa shape index (κ1) is 17.6. The number of hydrogen-bond donors (Lipinski definition) is 2. The highest BCUT2D eigenvalue weighted by Crippen LogP contribution is 2.22. The molecule has 2 aromatic heterocycles. The second-order valence-corrected chi connectivity index (χ2v) is 7.41. The summed E-state index contributed by atoms with van der Waals surface area (Å²) >= 11 is 1.54. The first-order valence-corrected chi connectivity index (χ1v) is 8.41. The molecule has 2 heterocycles. The van der Waals surface area contributed by atoms with Gasteiger partial charge in [-0.15, -0.1) is 0 Å². The van der Waals surface area contributed by atoms with Crippen molar-refractivity contribution in [2.45, 2.75) is 37.8 Å². The first-order chi connectivity index (χ1) is 10.8. The van der Waals surface area contributed by atoms with E-state index >= 15 is 0 Å². The number of thioether (sulfide) groups is 1. The van der Waals surface area contributed by atoms with Crippen molar-refractivity contribution in [1.82, 2.24) is 14.9 Å². The molecule has 0 spiro atoms. The minimum absolute atomic E-state index is 0.195. The third-order valence-electron chi connectivity index (χ3n) is 3.46. The molecule has 6 nitrogen and oxygen atoms in total. The number of aliphatic hydroxyl groups excluding tert-OH is 1. The summed E-state index contributed by atoms with van der Waals surface area (Å²) in [6.45, 7) is 5.96. The van der Waals surface area contributed by atoms with Gasteiger partial charge in [-0.2, -0.15) is 0 Å². The van der Waals surface area contributed by atoms with Crippen LogP contribution in [0, 0.1) is 5.41 Å². The lowest BCUT2D eigenvalue weighted by Crippen LogP contribution is -2.39. The molecule has 0 aliphatic heterocycles. The summed E-state index contributed by atoms with van der Waals surface area (Å²) in [7, 11) is 1.93. The zero-order chi connectivity index (χ0) is 17.0. The minimum Gasteiger partial charge on any atom is -0.455 e. The molecule has 0 bridgehead atoms. The number of aliphatic hydroxyl groups is 1. The molecule has 0 saturated carbocycles. The number of nitrogens with zero attached hydrogens (tertiary/aromatic N) is 2. The van der Waals surface area contributed by atoms with Crippen molar-refractivity contribution >= 4 is 17.7 Å². The highest BCUT2D eigenvalue weighted by molar-refractivity contribution is 7.98. The van der Waals surface area contributed by atoms with Crippen LogP contribution in [0.15, 0.2) is 34.1 Å². The van der Waals surface area contributed by atoms with Crippen LogP contribution in [-0.2, 0) is 12.8 Å². The van der Waals surface area contributed by atoms with E-state index in [0.29, 0.717) is 11.5 Å². The van der Waals surface area contributed by atoms with Gasteiger partial charge in [-0.25, -0.2) is 4.98 Å². The Labute approximate surface area is 140 Å². The first-order valence-electron chi connectivity index (χ1n) is 7.42. The van der Waals surface area contributed by atoms with E-state index in [9.17, 15) is 9.90 Å². The number of carbonyl (C=O) groups is 1. The van der Waals surface area contributed by atoms with Gasteiger partial charge in [-0.1, -0.05) is 32.5 Å². The van der Waals surface area contributed by atoms with Crippen LogP contribution in [0.25, 0.3) is 0 Å². The standard InChI is InChI=1S/C16H23N3O3S/c1-16(2,3)13(20)9-18-14(21)12-6-5-11(22-12)10-23-15-17-7-8-19(15)4/h5-8,13,20H,9-10H2,1-4H3,(H,18,21). The minimum atomic E-state index is -0.611. The molecule has 1 atom stereocenters. The lowest BCUT2D eigenvalue weighted by atomic mass is 9.89. The normalized spacial score (nSPS) is 13.1. The summed E-state index contributed by atoms with van der Waals surface area (Å²) in [6, 6.07) is 3.43. The number of aryl methyl sites for hydroxylation is 1. The molecule has 7 heteroatoms. The van der Waals surface area contributed by atoms with Gasteiger partial charge in [-0.3, -0.25) is 4.79 Å². The van der Waals surface area contributed by atoms with E-state index in [0.717, 1.165) is 5.16 Å². The molecule has 2 aromatic rings. The fraction of sp³-hybridized carbons (Fsp3) is 0.500. The van der Waals surface area contributed by atoms with Gasteiger partial charge in [0.1, 0.15) is 5.76 Å². The van der Waals surface area contributed by atoms with Crippen molar-refractivity contribution in [2.24, 2.45) is 12.5 Å². The lowest BCUT2D eigenvalue weighted by molar-refractivity contribution is 0.0578. The van der Waals surface area contributed by atoms with Crippen molar-refractivity contribution in [2.75, 3.05) is 6.54 Å². The predicted molar refractivity (Wildman–Crippen MR) is 89.3 cm³/mol. The molecule has 0 aliphatic rings. The van der Waals surface area contributed by atoms with Crippen LogP contribution in [0.3, 0.4) is 0 Å². The summed E-state index contributed by atoms with van der Waals surface area (Å²) in [5.74, 6) is 1.24. The van der Waals surface area contributed by atoms with Crippen molar-refractivity contribution in [3.63, 3.8) is 0 Å². The summed E-state index contributed by atoms with van der Waals surface area (Å²) in [5.41, 5.74) is -0.277. The van der Waals surface area contributed by atoms with Crippen LogP contribution in [0.2, 0.25) is 0 Å². The van der Waals surface area contributed by atoms with Gasteiger partial charge in [-0.05, 0) is 17.5 Å². The van der Waals surface area contributed by atoms with Gasteiger partial charge < -0.3 is 19.4 Å². The summed E-state index contributed by atoms with van der Waals surface area (Å²) in [5, 5.41) is 13.5. The zero-order valence-corrected chi connectivity index (χ0v) is 14.7. The number of nitrogens with one attached hydrogen (secondary N) is 1. The summed E-state index contributed by atoms with van der Waals surface area (Å²) in [6.07, 6.45) is 3.01. The van der Waals surface area contributed by atoms with Crippen LogP contribution in [0.1, 0.15) is 37.1 Å². The van der Waals surface area contributed by atoms with E-state index < -0.39 is 6.10 Å². The van der Waals surface area contributed by atoms with Gasteiger partial charge in [0.15, 0.2) is 10.9 Å². The highest BCUT2D eigenvalue weighted by atomic mass is 32.2. The summed E-state index contributed by atoms with van der Waals surface area (Å²) in [4.78, 5) is 16.3. The van der Waals surface area contributed by atoms with Crippen LogP contribution in [0.5, 0.6) is 0 Å². The largest absolute Gasteiger partial charge is 0.455 e. The molecule has 23 heavy (non-hydrogen) atoms. The topological polar surface area (TPSA) is 80.3 Å². The number of hydrogen-bond acceptors (Lipinski definition) is 5. The Hall–Kier alpha value is -1.73. The van der Waals surface area contributed by atoms with E-state index in [4.69, 9.17) is 4.42 Å². The second-order valence-electron chi connectivity index (χ2n) is 6.47. The Balaban J connectivity index is 1.86. The Morgan fingerprint density at radius 1 is 1.48 bits per heavy atom. The monoisotopic (exact) mass is 337 g/mol. The van der Waals surface area contributed by atoms with Crippen LogP contribution in [0.4, 0.5) is 0 Å². The van der Waals surface area contributed by atoms with Crippen LogP contribution >= 0.6 is 11.8 Å². The highest BCUT2D eigenvalue weighted by Gasteiger charge is 2.23. The molecular weight excluding hydrogens is 314 g/mol. The molecule has 1 amide bonds. The van der Waals surface area contributed by atoms with E-state index in [1.807, 2.05) is 38.6 Å². The maximum atomic E-state index is 12.0. The quantitative estimate of drug-likeness (QED) is 0.792. The Kier molecular flexibility index (Phi) is 5.54. The van der Waals surface area contributed by atoms with E-state index in [1.165, 1.54) is 11.8 Å². The van der Waals surface area contributed by atoms with Gasteiger partial charge in [0, 0.05) is 26.0 Å². The molecule has 0 radical (unpaired) electrons. The third-order valence-corrected chi connectivity index (χ3v) is 4.54. The molecule has 126 valence electrons. The molecule has 0 aromatic carbocycles. The molecule has 0 aliphatic carbocycles. The molecule has 2 N–H and O–H groups in total. The number of carbonyl (C=O) groups excluding carboxylic acids is 1. The second kappa shape index (κ2) is 7.23. The fourth-order valence-corrected chi connectivity index (χ4v) is 2.61. The van der Waals surface area contributed by atoms with Crippen LogP contribution in [-0.4, -0.2) is 33.2 Å². The number of imidazole rings is 1. The molecule has 0 fully saturated rings. The molecule has 0 saturated heterocycles. The lowest BCUT2D eigenvalue weighted by Gasteiger charge is -2.25. The van der Waals surface area contributed by atoms with Gasteiger partial charge >= 0.3 is 0 Å². The predicted octanol–water partition coefficient (Wildman–Crippen LogP) is 2.44. The van der Waals surface area contributed by atoms with Crippen molar-refractivity contribution in [3.8, 4) is 0 Å². The average Bonchev–Trinajstić information content (AvgIpc) is 3.10. The number of rotatable bonds is 6. The Morgan fingerprint density at radius 3 is 2.83 bits per heavy atom. The average molecular weight is 337 g/mol. The van der Waals surface area contributed by atoms with Gasteiger partial charge in [0.25, 0.3) is 5.91 Å². The van der Waals surface area contributed by atoms with Gasteiger partial charge in [0.05, 0.1) is 11.9 Å². The Bertz CT molecular complexity index is 658. The van der Waals surface area contributed by atoms with Crippen LogP contribution < -0.4 is 5.32 Å². The molecule has 2 rings (SSSR count). The SMILES string of the molecule is Cn1ccnc1SCc1ccc(C(=O)NCC(O)C(C)(C)C)o1. The van der Waals surface area contributed by atoms with Crippen molar-refractivity contribution < 1.29 is 14.3 Å². The Morgan fingerprint density at radius 2 is 2.22 bits per heavy atom. The number of amides is 1. The zero-order valence-electron chi connectivity index (χ0n) is 13.9. The summed E-state index contributed by atoms with van der Waals surface area (Å²) < 4.78 is 7.48. The van der Waals surface area contributed by atoms with Crippen molar-refractivity contribution in [3.05, 3.63) is 36.0 Å². The fourth-order valence-electron chi connectivity index (χ4n) is 1.79. The van der Waals surface area contributed by atoms with E-state index in [-0.39, 0.29) is 23.6 Å². The molecule has 1 unspecified atom stereocenters. The maximum Gasteiger partial charge on any atom is 0.287 e. The third kappa shape index (κ3) is 4.87. The van der Waals surface area contributed by atoms with E-state index in [1.54, 1.807) is 18.3 Å². The smallest absolute Gasteiger partial charge is 0.287 e. The number of furan rings is 1. The number of aromatic nitrogens is 2.